The lowest BCUT2D eigenvalue weighted by Gasteiger charge is -2.14. The molecule has 0 fully saturated rings. The number of carbonyl (C=O) groups is 2. The number of nitrogens with zero attached hydrogens (tertiary/aromatic N) is 4. The molecule has 0 aliphatic rings. The van der Waals surface area contributed by atoms with Crippen LogP contribution in [-0.4, -0.2) is 28.0 Å². The smallest absolute Gasteiger partial charge is 0.326 e. The minimum Gasteiger partial charge on any atom is -0.493 e. The lowest BCUT2D eigenvalue weighted by molar-refractivity contribution is -0.143. The normalized spacial score (nSPS) is 10.9. The first-order chi connectivity index (χ1) is 17.1. The van der Waals surface area contributed by atoms with Crippen molar-refractivity contribution in [1.82, 2.24) is 4.57 Å². The SMILES string of the molecule is Cc1cc(C)c(N=Nc2c(C)c(C#N)c(=O)n(CC(=O)OCC(=O)c3ccccc3)c2O)c(C)c1C. The molecule has 3 rings (SSSR count). The molecule has 0 unspecified atom stereocenters. The summed E-state index contributed by atoms with van der Waals surface area (Å²) in [7, 11) is 0. The van der Waals surface area contributed by atoms with Gasteiger partial charge in [-0.05, 0) is 56.9 Å². The van der Waals surface area contributed by atoms with Gasteiger partial charge < -0.3 is 9.84 Å². The van der Waals surface area contributed by atoms with Gasteiger partial charge in [-0.2, -0.15) is 5.26 Å². The maximum Gasteiger partial charge on any atom is 0.326 e. The third kappa shape index (κ3) is 5.23. The zero-order chi connectivity index (χ0) is 26.6. The Hall–Kier alpha value is -4.58. The van der Waals surface area contributed by atoms with E-state index in [0.29, 0.717) is 15.8 Å². The highest BCUT2D eigenvalue weighted by Gasteiger charge is 2.22. The number of aromatic nitrogens is 1. The van der Waals surface area contributed by atoms with Gasteiger partial charge in [-0.15, -0.1) is 10.2 Å². The molecule has 0 amide bonds. The van der Waals surface area contributed by atoms with Crippen molar-refractivity contribution in [2.24, 2.45) is 10.2 Å². The van der Waals surface area contributed by atoms with E-state index in [1.54, 1.807) is 36.4 Å². The molecule has 0 saturated heterocycles. The number of ether oxygens (including phenoxy) is 1. The van der Waals surface area contributed by atoms with Crippen molar-refractivity contribution in [1.29, 1.82) is 5.26 Å². The monoisotopic (exact) mass is 486 g/mol. The molecule has 1 aromatic heterocycles. The van der Waals surface area contributed by atoms with E-state index in [1.807, 2.05) is 33.8 Å². The maximum absolute atomic E-state index is 12.8. The molecule has 1 heterocycles. The number of rotatable bonds is 7. The summed E-state index contributed by atoms with van der Waals surface area (Å²) in [5, 5.41) is 28.8. The van der Waals surface area contributed by atoms with Gasteiger partial charge in [0.25, 0.3) is 5.56 Å². The molecule has 0 atom stereocenters. The molecule has 0 aliphatic heterocycles. The average Bonchev–Trinajstić information content (AvgIpc) is 2.86. The van der Waals surface area contributed by atoms with Crippen LogP contribution < -0.4 is 5.56 Å². The molecule has 184 valence electrons. The zero-order valence-electron chi connectivity index (χ0n) is 20.7. The van der Waals surface area contributed by atoms with Crippen molar-refractivity contribution >= 4 is 23.1 Å². The number of ketones is 1. The summed E-state index contributed by atoms with van der Waals surface area (Å²) in [5.41, 5.74) is 3.76. The van der Waals surface area contributed by atoms with Gasteiger partial charge in [0.05, 0.1) is 5.69 Å². The number of Topliss-reactive ketones (excluding diaryl/α,β-unsaturated/α-hetero) is 1. The molecule has 0 bridgehead atoms. The Labute approximate surface area is 208 Å². The van der Waals surface area contributed by atoms with E-state index in [-0.39, 0.29) is 16.8 Å². The highest BCUT2D eigenvalue weighted by molar-refractivity contribution is 5.97. The molecule has 2 aromatic carbocycles. The summed E-state index contributed by atoms with van der Waals surface area (Å²) >= 11 is 0. The molecule has 0 radical (unpaired) electrons. The van der Waals surface area contributed by atoms with Crippen LogP contribution in [0, 0.1) is 45.9 Å². The summed E-state index contributed by atoms with van der Waals surface area (Å²) in [4.78, 5) is 37.4. The van der Waals surface area contributed by atoms with Crippen LogP contribution in [0.15, 0.2) is 51.4 Å². The summed E-state index contributed by atoms with van der Waals surface area (Å²) in [5.74, 6) is -1.99. The Morgan fingerprint density at radius 1 is 0.972 bits per heavy atom. The van der Waals surface area contributed by atoms with Crippen molar-refractivity contribution in [2.75, 3.05) is 6.61 Å². The van der Waals surface area contributed by atoms with Crippen molar-refractivity contribution in [3.63, 3.8) is 0 Å². The second-order valence-electron chi connectivity index (χ2n) is 8.43. The van der Waals surface area contributed by atoms with Crippen LogP contribution in [0.4, 0.5) is 11.4 Å². The van der Waals surface area contributed by atoms with Crippen molar-refractivity contribution in [2.45, 2.75) is 41.2 Å². The average molecular weight is 487 g/mol. The second kappa shape index (κ2) is 10.8. The van der Waals surface area contributed by atoms with Crippen LogP contribution >= 0.6 is 0 Å². The number of azo groups is 1. The highest BCUT2D eigenvalue weighted by Crippen LogP contribution is 2.35. The van der Waals surface area contributed by atoms with E-state index in [9.17, 15) is 24.8 Å². The van der Waals surface area contributed by atoms with Crippen molar-refractivity contribution in [3.05, 3.63) is 85.7 Å². The van der Waals surface area contributed by atoms with Gasteiger partial charge >= 0.3 is 5.97 Å². The molecular formula is C27H26N4O5. The van der Waals surface area contributed by atoms with E-state index >= 15 is 0 Å². The summed E-state index contributed by atoms with van der Waals surface area (Å²) in [6, 6.07) is 12.1. The van der Waals surface area contributed by atoms with Gasteiger partial charge in [-0.1, -0.05) is 36.4 Å². The predicted molar refractivity (Wildman–Crippen MR) is 133 cm³/mol. The van der Waals surface area contributed by atoms with Crippen LogP contribution in [-0.2, 0) is 16.1 Å². The number of esters is 1. The van der Waals surface area contributed by atoms with Crippen LogP contribution in [0.5, 0.6) is 5.88 Å². The number of aromatic hydroxyl groups is 1. The molecular weight excluding hydrogens is 460 g/mol. The van der Waals surface area contributed by atoms with Crippen LogP contribution in [0.2, 0.25) is 0 Å². The number of benzene rings is 2. The number of hydrogen-bond donors (Lipinski definition) is 1. The lowest BCUT2D eigenvalue weighted by atomic mass is 9.99. The van der Waals surface area contributed by atoms with Crippen LogP contribution in [0.25, 0.3) is 0 Å². The number of pyridine rings is 1. The van der Waals surface area contributed by atoms with Gasteiger partial charge in [0.1, 0.15) is 18.2 Å². The molecule has 0 aliphatic carbocycles. The summed E-state index contributed by atoms with van der Waals surface area (Å²) in [6.45, 7) is 7.97. The van der Waals surface area contributed by atoms with E-state index in [0.717, 1.165) is 22.3 Å². The molecule has 0 saturated carbocycles. The zero-order valence-corrected chi connectivity index (χ0v) is 20.7. The van der Waals surface area contributed by atoms with E-state index in [1.165, 1.54) is 6.92 Å². The van der Waals surface area contributed by atoms with Gasteiger partial charge in [0, 0.05) is 11.1 Å². The minimum absolute atomic E-state index is 0.114. The first kappa shape index (κ1) is 26.0. The fourth-order valence-corrected chi connectivity index (χ4v) is 3.76. The molecule has 9 nitrogen and oxygen atoms in total. The Balaban J connectivity index is 1.93. The van der Waals surface area contributed by atoms with Gasteiger partial charge in [-0.25, -0.2) is 0 Å². The first-order valence-electron chi connectivity index (χ1n) is 11.2. The predicted octanol–water partition coefficient (Wildman–Crippen LogP) is 4.81. The fourth-order valence-electron chi connectivity index (χ4n) is 3.76. The molecule has 36 heavy (non-hydrogen) atoms. The van der Waals surface area contributed by atoms with Crippen molar-refractivity contribution < 1.29 is 19.4 Å². The third-order valence-electron chi connectivity index (χ3n) is 6.08. The van der Waals surface area contributed by atoms with Gasteiger partial charge in [0.15, 0.2) is 18.1 Å². The molecule has 0 spiro atoms. The standard InChI is InChI=1S/C27H26N4O5/c1-15-11-16(2)24(18(4)17(15)3)29-30-25-19(5)21(12-28)26(34)31(27(25)35)13-23(33)36-14-22(32)20-9-7-6-8-10-20/h6-11,35H,13-14H2,1-5H3. The number of aryl methyl sites for hydroxylation is 2. The van der Waals surface area contributed by atoms with Crippen LogP contribution in [0.3, 0.4) is 0 Å². The van der Waals surface area contributed by atoms with Gasteiger partial charge in [-0.3, -0.25) is 19.0 Å². The van der Waals surface area contributed by atoms with E-state index < -0.39 is 36.3 Å². The van der Waals surface area contributed by atoms with E-state index in [2.05, 4.69) is 10.2 Å². The maximum atomic E-state index is 12.8. The highest BCUT2D eigenvalue weighted by atomic mass is 16.5. The van der Waals surface area contributed by atoms with Crippen LogP contribution in [0.1, 0.15) is 43.7 Å². The molecule has 9 heteroatoms. The molecule has 3 aromatic rings. The fraction of sp³-hybridized carbons (Fsp3) is 0.259. The molecule has 1 N–H and O–H groups in total. The van der Waals surface area contributed by atoms with Crippen molar-refractivity contribution in [3.8, 4) is 11.9 Å². The van der Waals surface area contributed by atoms with Gasteiger partial charge in [0.2, 0.25) is 5.88 Å². The number of nitriles is 1. The van der Waals surface area contributed by atoms with E-state index in [4.69, 9.17) is 4.74 Å². The Kier molecular flexibility index (Phi) is 7.80. The quantitative estimate of drug-likeness (QED) is 0.289. The second-order valence-corrected chi connectivity index (χ2v) is 8.43. The largest absolute Gasteiger partial charge is 0.493 e. The Bertz CT molecular complexity index is 1480. The number of hydrogen-bond acceptors (Lipinski definition) is 8. The Morgan fingerprint density at radius 3 is 2.25 bits per heavy atom. The topological polar surface area (TPSA) is 134 Å². The summed E-state index contributed by atoms with van der Waals surface area (Å²) in [6.07, 6.45) is 0. The number of carbonyl (C=O) groups excluding carboxylic acids is 2. The lowest BCUT2D eigenvalue weighted by Crippen LogP contribution is -2.28. The summed E-state index contributed by atoms with van der Waals surface area (Å²) < 4.78 is 5.69. The third-order valence-corrected chi connectivity index (χ3v) is 6.08. The minimum atomic E-state index is -0.937. The first-order valence-corrected chi connectivity index (χ1v) is 11.2. The Morgan fingerprint density at radius 2 is 1.61 bits per heavy atom.